The van der Waals surface area contributed by atoms with E-state index in [0.717, 1.165) is 11.1 Å². The lowest BCUT2D eigenvalue weighted by molar-refractivity contribution is -0.151. The van der Waals surface area contributed by atoms with Gasteiger partial charge in [-0.25, -0.2) is 9.59 Å². The lowest BCUT2D eigenvalue weighted by Crippen LogP contribution is -2.43. The summed E-state index contributed by atoms with van der Waals surface area (Å²) >= 11 is 0. The fourth-order valence-electron chi connectivity index (χ4n) is 4.21. The Hall–Kier alpha value is -3.93. The third kappa shape index (κ3) is 4.95. The molecule has 1 aliphatic heterocycles. The number of hydrogen-bond acceptors (Lipinski definition) is 5. The van der Waals surface area contributed by atoms with Crippen molar-refractivity contribution >= 4 is 17.8 Å². The fraction of sp³-hybridized carbons (Fsp3) is 0.222. The van der Waals surface area contributed by atoms with Crippen LogP contribution in [0.4, 0.5) is 0 Å². The van der Waals surface area contributed by atoms with E-state index in [1.165, 1.54) is 12.0 Å². The number of ether oxygens (including phenoxy) is 2. The zero-order valence-electron chi connectivity index (χ0n) is 18.3. The fourth-order valence-corrected chi connectivity index (χ4v) is 4.21. The third-order valence-corrected chi connectivity index (χ3v) is 5.82. The molecule has 0 N–H and O–H groups in total. The number of benzene rings is 3. The molecular weight excluding hydrogens is 418 g/mol. The molecule has 0 aromatic heterocycles. The van der Waals surface area contributed by atoms with Gasteiger partial charge in [0.25, 0.3) is 0 Å². The van der Waals surface area contributed by atoms with E-state index in [4.69, 9.17) is 9.47 Å². The number of carbonyl (C=O) groups is 3. The lowest BCUT2D eigenvalue weighted by atomic mass is 9.90. The molecule has 0 saturated carbocycles. The lowest BCUT2D eigenvalue weighted by Gasteiger charge is -2.28. The summed E-state index contributed by atoms with van der Waals surface area (Å²) in [5.74, 6) is -1.84. The van der Waals surface area contributed by atoms with Crippen molar-refractivity contribution in [2.24, 2.45) is 0 Å². The summed E-state index contributed by atoms with van der Waals surface area (Å²) in [7, 11) is 1.29. The molecule has 1 amide bonds. The molecular formula is C27H25NO5. The van der Waals surface area contributed by atoms with Crippen molar-refractivity contribution in [3.63, 3.8) is 0 Å². The molecule has 6 heteroatoms. The third-order valence-electron chi connectivity index (χ3n) is 5.82. The van der Waals surface area contributed by atoms with E-state index in [1.54, 1.807) is 24.3 Å². The molecule has 3 aromatic rings. The predicted octanol–water partition coefficient (Wildman–Crippen LogP) is 3.82. The van der Waals surface area contributed by atoms with Crippen LogP contribution in [0.1, 0.15) is 33.8 Å². The van der Waals surface area contributed by atoms with E-state index in [2.05, 4.69) is 0 Å². The SMILES string of the molecule is COC(=O)[C@@H]1CC(OC(=O)c2ccccc2)CN1C(=O)C(c1ccccc1)c1ccccc1. The minimum atomic E-state index is -0.828. The summed E-state index contributed by atoms with van der Waals surface area (Å²) in [6, 6.07) is 26.7. The van der Waals surface area contributed by atoms with Gasteiger partial charge in [0.1, 0.15) is 12.1 Å². The number of methoxy groups -OCH3 is 1. The molecule has 3 aromatic carbocycles. The highest BCUT2D eigenvalue weighted by atomic mass is 16.5. The zero-order valence-corrected chi connectivity index (χ0v) is 18.3. The molecule has 4 rings (SSSR count). The average molecular weight is 443 g/mol. The first-order chi connectivity index (χ1) is 16.1. The molecule has 0 aliphatic carbocycles. The first-order valence-electron chi connectivity index (χ1n) is 10.8. The molecule has 1 unspecified atom stereocenters. The van der Waals surface area contributed by atoms with E-state index >= 15 is 0 Å². The highest BCUT2D eigenvalue weighted by Gasteiger charge is 2.44. The van der Waals surface area contributed by atoms with E-state index in [-0.39, 0.29) is 18.9 Å². The van der Waals surface area contributed by atoms with Gasteiger partial charge >= 0.3 is 11.9 Å². The minimum absolute atomic E-state index is 0.118. The molecule has 2 atom stereocenters. The molecule has 0 radical (unpaired) electrons. The second-order valence-corrected chi connectivity index (χ2v) is 7.91. The van der Waals surface area contributed by atoms with Crippen LogP contribution in [0, 0.1) is 0 Å². The van der Waals surface area contributed by atoms with Gasteiger partial charge in [0.15, 0.2) is 0 Å². The van der Waals surface area contributed by atoms with Crippen molar-refractivity contribution < 1.29 is 23.9 Å². The summed E-state index contributed by atoms with van der Waals surface area (Å²) in [4.78, 5) is 40.5. The molecule has 33 heavy (non-hydrogen) atoms. The molecule has 0 spiro atoms. The van der Waals surface area contributed by atoms with Crippen LogP contribution in [-0.2, 0) is 19.1 Å². The first-order valence-corrected chi connectivity index (χ1v) is 10.8. The Bertz CT molecular complexity index is 1060. The topological polar surface area (TPSA) is 72.9 Å². The van der Waals surface area contributed by atoms with Crippen molar-refractivity contribution in [2.45, 2.75) is 24.5 Å². The van der Waals surface area contributed by atoms with Crippen LogP contribution < -0.4 is 0 Å². The van der Waals surface area contributed by atoms with Crippen LogP contribution in [0.25, 0.3) is 0 Å². The van der Waals surface area contributed by atoms with Crippen LogP contribution in [0.15, 0.2) is 91.0 Å². The highest BCUT2D eigenvalue weighted by molar-refractivity contribution is 5.92. The second-order valence-electron chi connectivity index (χ2n) is 7.91. The molecule has 168 valence electrons. The van der Waals surface area contributed by atoms with Crippen LogP contribution >= 0.6 is 0 Å². The summed E-state index contributed by atoms with van der Waals surface area (Å²) in [5, 5.41) is 0. The van der Waals surface area contributed by atoms with Gasteiger partial charge in [-0.15, -0.1) is 0 Å². The van der Waals surface area contributed by atoms with Crippen LogP contribution in [0.2, 0.25) is 0 Å². The van der Waals surface area contributed by atoms with E-state index in [1.807, 2.05) is 66.7 Å². The van der Waals surface area contributed by atoms with Crippen LogP contribution in [0.5, 0.6) is 0 Å². The van der Waals surface area contributed by atoms with Crippen LogP contribution in [-0.4, -0.2) is 48.5 Å². The normalized spacial score (nSPS) is 17.6. The van der Waals surface area contributed by atoms with Gasteiger partial charge in [-0.3, -0.25) is 4.79 Å². The minimum Gasteiger partial charge on any atom is -0.467 e. The largest absolute Gasteiger partial charge is 0.467 e. The summed E-state index contributed by atoms with van der Waals surface area (Å²) in [5.41, 5.74) is 2.06. The first kappa shape index (κ1) is 22.3. The Morgan fingerprint density at radius 2 is 1.33 bits per heavy atom. The highest BCUT2D eigenvalue weighted by Crippen LogP contribution is 2.31. The predicted molar refractivity (Wildman–Crippen MR) is 123 cm³/mol. The maximum Gasteiger partial charge on any atom is 0.338 e. The number of rotatable bonds is 6. The molecule has 1 saturated heterocycles. The second kappa shape index (κ2) is 10.1. The van der Waals surface area contributed by atoms with Crippen molar-refractivity contribution in [3.05, 3.63) is 108 Å². The Labute approximate surface area is 192 Å². The maximum absolute atomic E-state index is 13.9. The molecule has 6 nitrogen and oxygen atoms in total. The van der Waals surface area contributed by atoms with E-state index in [0.29, 0.717) is 5.56 Å². The number of amides is 1. The monoisotopic (exact) mass is 443 g/mol. The Balaban J connectivity index is 1.61. The van der Waals surface area contributed by atoms with E-state index in [9.17, 15) is 14.4 Å². The van der Waals surface area contributed by atoms with Crippen molar-refractivity contribution in [1.29, 1.82) is 0 Å². The number of nitrogens with zero attached hydrogens (tertiary/aromatic N) is 1. The van der Waals surface area contributed by atoms with Gasteiger partial charge in [-0.05, 0) is 23.3 Å². The average Bonchev–Trinajstić information content (AvgIpc) is 3.29. The summed E-state index contributed by atoms with van der Waals surface area (Å²) in [6.07, 6.45) is -0.425. The van der Waals surface area contributed by atoms with Crippen LogP contribution in [0.3, 0.4) is 0 Å². The van der Waals surface area contributed by atoms with Crippen molar-refractivity contribution in [2.75, 3.05) is 13.7 Å². The summed E-state index contributed by atoms with van der Waals surface area (Å²) < 4.78 is 10.6. The molecule has 0 bridgehead atoms. The Morgan fingerprint density at radius 1 is 0.818 bits per heavy atom. The van der Waals surface area contributed by atoms with Gasteiger partial charge in [0.2, 0.25) is 5.91 Å². The Kier molecular flexibility index (Phi) is 6.83. The van der Waals surface area contributed by atoms with Gasteiger partial charge in [0.05, 0.1) is 25.1 Å². The maximum atomic E-state index is 13.9. The van der Waals surface area contributed by atoms with Crippen molar-refractivity contribution in [3.8, 4) is 0 Å². The molecule has 1 heterocycles. The van der Waals surface area contributed by atoms with Gasteiger partial charge in [0, 0.05) is 6.42 Å². The number of carbonyl (C=O) groups excluding carboxylic acids is 3. The van der Waals surface area contributed by atoms with Gasteiger partial charge < -0.3 is 14.4 Å². The van der Waals surface area contributed by atoms with E-state index < -0.39 is 30.0 Å². The quantitative estimate of drug-likeness (QED) is 0.542. The number of hydrogen-bond donors (Lipinski definition) is 0. The standard InChI is InChI=1S/C27H25NO5/c1-32-27(31)23-17-22(33-26(30)21-15-9-4-10-16-21)18-28(23)25(29)24(19-11-5-2-6-12-19)20-13-7-3-8-14-20/h2-16,22-24H,17-18H2,1H3/t22?,23-/m0/s1. The zero-order chi connectivity index (χ0) is 23.2. The number of likely N-dealkylation sites (tertiary alicyclic amines) is 1. The van der Waals surface area contributed by atoms with Crippen molar-refractivity contribution in [1.82, 2.24) is 4.90 Å². The molecule has 1 aliphatic rings. The number of esters is 2. The van der Waals surface area contributed by atoms with Gasteiger partial charge in [-0.1, -0.05) is 78.9 Å². The van der Waals surface area contributed by atoms with Gasteiger partial charge in [-0.2, -0.15) is 0 Å². The molecule has 1 fully saturated rings. The Morgan fingerprint density at radius 3 is 1.85 bits per heavy atom. The summed E-state index contributed by atoms with van der Waals surface area (Å²) in [6.45, 7) is 0.118. The smallest absolute Gasteiger partial charge is 0.338 e.